The molecule has 4 rings (SSSR count). The summed E-state index contributed by atoms with van der Waals surface area (Å²) in [5, 5.41) is 1.72. The van der Waals surface area contributed by atoms with Crippen molar-refractivity contribution in [1.29, 1.82) is 0 Å². The summed E-state index contributed by atoms with van der Waals surface area (Å²) < 4.78 is 17.6. The molecule has 29 heavy (non-hydrogen) atoms. The van der Waals surface area contributed by atoms with Crippen molar-refractivity contribution in [3.8, 4) is 11.1 Å². The number of benzene rings is 2. The fraction of sp³-hybridized carbons (Fsp3) is 0.440. The molecule has 4 heteroatoms. The molecule has 0 amide bonds. The van der Waals surface area contributed by atoms with Gasteiger partial charge in [-0.05, 0) is 66.0 Å². The van der Waals surface area contributed by atoms with Gasteiger partial charge in [0, 0.05) is 35.4 Å². The van der Waals surface area contributed by atoms with Gasteiger partial charge in [-0.1, -0.05) is 51.1 Å². The Labute approximate surface area is 177 Å². The molecule has 1 unspecified atom stereocenters. The normalized spacial score (nSPS) is 15.7. The van der Waals surface area contributed by atoms with Crippen LogP contribution >= 0.6 is 0 Å². The molecule has 154 valence electrons. The van der Waals surface area contributed by atoms with Gasteiger partial charge in [0.25, 0.3) is 0 Å². The van der Waals surface area contributed by atoms with Crippen LogP contribution in [0.3, 0.4) is 0 Å². The van der Waals surface area contributed by atoms with E-state index >= 15 is 0 Å². The molecule has 2 aromatic carbocycles. The van der Waals surface area contributed by atoms with E-state index in [1.54, 1.807) is 0 Å². The minimum absolute atomic E-state index is 0.226. The van der Waals surface area contributed by atoms with Gasteiger partial charge in [-0.25, -0.2) is 8.93 Å². The van der Waals surface area contributed by atoms with Gasteiger partial charge in [0.2, 0.25) is 0 Å². The number of nitrogens with zero attached hydrogens (tertiary/aromatic N) is 1. The van der Waals surface area contributed by atoms with Crippen molar-refractivity contribution < 1.29 is 4.21 Å². The van der Waals surface area contributed by atoms with Crippen LogP contribution in [-0.4, -0.2) is 20.6 Å². The van der Waals surface area contributed by atoms with Crippen LogP contribution in [0.5, 0.6) is 0 Å². The standard InChI is InChI=1S/C25H32N2OS/c1-18-7-5-6-8-22(18)19-9-12-24-23(15-19)20(16-25(2,3)4)17-27(24)14-13-26-29(28)21-10-11-21/h5-9,12,15,17,21,26H,10-11,13-14,16H2,1-4H3. The van der Waals surface area contributed by atoms with Crippen LogP contribution in [0.2, 0.25) is 0 Å². The number of hydrogen-bond donors (Lipinski definition) is 1. The summed E-state index contributed by atoms with van der Waals surface area (Å²) in [5.74, 6) is 0. The Morgan fingerprint density at radius 2 is 1.90 bits per heavy atom. The van der Waals surface area contributed by atoms with Gasteiger partial charge in [0.15, 0.2) is 0 Å². The molecule has 1 saturated carbocycles. The molecule has 3 aromatic rings. The van der Waals surface area contributed by atoms with Crippen molar-refractivity contribution in [2.45, 2.75) is 58.8 Å². The van der Waals surface area contributed by atoms with Gasteiger partial charge in [-0.2, -0.15) is 0 Å². The number of aryl methyl sites for hydroxylation is 1. The molecule has 0 aliphatic heterocycles. The Morgan fingerprint density at radius 3 is 2.59 bits per heavy atom. The average Bonchev–Trinajstić information content (AvgIpc) is 3.46. The lowest BCUT2D eigenvalue weighted by Crippen LogP contribution is -2.24. The quantitative estimate of drug-likeness (QED) is 0.541. The summed E-state index contributed by atoms with van der Waals surface area (Å²) in [6, 6.07) is 15.4. The largest absolute Gasteiger partial charge is 0.346 e. The zero-order chi connectivity index (χ0) is 20.6. The summed E-state index contributed by atoms with van der Waals surface area (Å²) in [6.07, 6.45) is 5.54. The van der Waals surface area contributed by atoms with Gasteiger partial charge >= 0.3 is 0 Å². The second-order valence-electron chi connectivity index (χ2n) is 9.52. The van der Waals surface area contributed by atoms with E-state index in [2.05, 4.69) is 85.6 Å². The molecule has 0 radical (unpaired) electrons. The highest BCUT2D eigenvalue weighted by molar-refractivity contribution is 7.84. The lowest BCUT2D eigenvalue weighted by Gasteiger charge is -2.17. The van der Waals surface area contributed by atoms with Gasteiger partial charge in [0.1, 0.15) is 0 Å². The predicted octanol–water partition coefficient (Wildman–Crippen LogP) is 5.62. The summed E-state index contributed by atoms with van der Waals surface area (Å²) in [4.78, 5) is 0. The maximum Gasteiger partial charge on any atom is 0.0947 e. The molecule has 1 heterocycles. The first kappa shape index (κ1) is 20.4. The molecule has 0 saturated heterocycles. The van der Waals surface area contributed by atoms with Crippen molar-refractivity contribution in [3.63, 3.8) is 0 Å². The van der Waals surface area contributed by atoms with E-state index in [9.17, 15) is 4.21 Å². The van der Waals surface area contributed by atoms with Crippen molar-refractivity contribution >= 4 is 21.9 Å². The maximum atomic E-state index is 12.1. The van der Waals surface area contributed by atoms with E-state index < -0.39 is 11.0 Å². The number of aromatic nitrogens is 1. The molecule has 0 bridgehead atoms. The average molecular weight is 409 g/mol. The third kappa shape index (κ3) is 4.81. The highest BCUT2D eigenvalue weighted by Gasteiger charge is 2.28. The molecule has 1 fully saturated rings. The van der Waals surface area contributed by atoms with Crippen molar-refractivity contribution in [2.75, 3.05) is 6.54 Å². The minimum Gasteiger partial charge on any atom is -0.346 e. The van der Waals surface area contributed by atoms with Crippen LogP contribution in [0.25, 0.3) is 22.0 Å². The predicted molar refractivity (Wildman–Crippen MR) is 124 cm³/mol. The Morgan fingerprint density at radius 1 is 1.14 bits per heavy atom. The molecule has 1 aliphatic rings. The maximum absolute atomic E-state index is 12.1. The van der Waals surface area contributed by atoms with E-state index in [0.717, 1.165) is 32.4 Å². The van der Waals surface area contributed by atoms with Crippen molar-refractivity contribution in [3.05, 3.63) is 59.8 Å². The first-order chi connectivity index (χ1) is 13.8. The van der Waals surface area contributed by atoms with Crippen LogP contribution in [0.1, 0.15) is 44.7 Å². The third-order valence-electron chi connectivity index (χ3n) is 5.56. The SMILES string of the molecule is Cc1ccccc1-c1ccc2c(c1)c(CC(C)(C)C)cn2CCNS(=O)C1CC1. The molecule has 3 nitrogen and oxygen atoms in total. The second-order valence-corrected chi connectivity index (χ2v) is 11.1. The molecule has 1 aliphatic carbocycles. The molecular formula is C25H32N2OS. The Kier molecular flexibility index (Phi) is 5.67. The zero-order valence-corrected chi connectivity index (χ0v) is 18.8. The monoisotopic (exact) mass is 408 g/mol. The van der Waals surface area contributed by atoms with Gasteiger partial charge < -0.3 is 4.57 Å². The van der Waals surface area contributed by atoms with E-state index in [4.69, 9.17) is 0 Å². The van der Waals surface area contributed by atoms with Gasteiger partial charge in [-0.3, -0.25) is 0 Å². The first-order valence-electron chi connectivity index (χ1n) is 10.6. The van der Waals surface area contributed by atoms with Crippen LogP contribution in [-0.2, 0) is 24.0 Å². The van der Waals surface area contributed by atoms with E-state index in [1.807, 2.05) is 0 Å². The smallest absolute Gasteiger partial charge is 0.0947 e. The van der Waals surface area contributed by atoms with Crippen LogP contribution in [0, 0.1) is 12.3 Å². The Balaban J connectivity index is 1.66. The third-order valence-corrected chi connectivity index (χ3v) is 7.13. The van der Waals surface area contributed by atoms with E-state index in [-0.39, 0.29) is 5.41 Å². The van der Waals surface area contributed by atoms with E-state index in [0.29, 0.717) is 5.25 Å². The van der Waals surface area contributed by atoms with Crippen LogP contribution in [0.4, 0.5) is 0 Å². The molecule has 1 atom stereocenters. The van der Waals surface area contributed by atoms with Crippen molar-refractivity contribution in [1.82, 2.24) is 9.29 Å². The Hall–Kier alpha value is -1.91. The van der Waals surface area contributed by atoms with Crippen LogP contribution in [0.15, 0.2) is 48.7 Å². The fourth-order valence-corrected chi connectivity index (χ4v) is 5.09. The number of rotatable bonds is 7. The second kappa shape index (κ2) is 8.08. The van der Waals surface area contributed by atoms with E-state index in [1.165, 1.54) is 33.2 Å². The lowest BCUT2D eigenvalue weighted by molar-refractivity contribution is 0.412. The highest BCUT2D eigenvalue weighted by atomic mass is 32.2. The first-order valence-corrected chi connectivity index (χ1v) is 11.8. The summed E-state index contributed by atoms with van der Waals surface area (Å²) in [6.45, 7) is 10.6. The topological polar surface area (TPSA) is 34.0 Å². The van der Waals surface area contributed by atoms with Crippen molar-refractivity contribution in [2.24, 2.45) is 5.41 Å². The number of nitrogens with one attached hydrogen (secondary N) is 1. The Bertz CT molecular complexity index is 1040. The zero-order valence-electron chi connectivity index (χ0n) is 18.0. The summed E-state index contributed by atoms with van der Waals surface area (Å²) >= 11 is 0. The molecule has 1 N–H and O–H groups in total. The number of fused-ring (bicyclic) bond motifs is 1. The molecular weight excluding hydrogens is 376 g/mol. The van der Waals surface area contributed by atoms with Gasteiger partial charge in [0.05, 0.1) is 11.0 Å². The lowest BCUT2D eigenvalue weighted by atomic mass is 9.87. The fourth-order valence-electron chi connectivity index (χ4n) is 4.00. The highest BCUT2D eigenvalue weighted by Crippen LogP contribution is 2.33. The number of hydrogen-bond acceptors (Lipinski definition) is 1. The minimum atomic E-state index is -0.872. The molecule has 0 spiro atoms. The summed E-state index contributed by atoms with van der Waals surface area (Å²) in [7, 11) is -0.872. The van der Waals surface area contributed by atoms with Crippen LogP contribution < -0.4 is 4.72 Å². The van der Waals surface area contributed by atoms with Gasteiger partial charge in [-0.15, -0.1) is 0 Å². The molecule has 1 aromatic heterocycles. The summed E-state index contributed by atoms with van der Waals surface area (Å²) in [5.41, 5.74) is 6.76.